The minimum absolute atomic E-state index is 0.119. The van der Waals surface area contributed by atoms with Crippen LogP contribution in [0.4, 0.5) is 0 Å². The summed E-state index contributed by atoms with van der Waals surface area (Å²) in [5, 5.41) is 3.31. The maximum absolute atomic E-state index is 12.7. The Hall–Kier alpha value is -1.35. The van der Waals surface area contributed by atoms with Crippen molar-refractivity contribution in [3.63, 3.8) is 0 Å². The van der Waals surface area contributed by atoms with Crippen LogP contribution in [-0.2, 0) is 23.2 Å². The van der Waals surface area contributed by atoms with Crippen molar-refractivity contribution < 1.29 is 4.79 Å². The molecule has 1 aromatic carbocycles. The molecule has 0 aliphatic carbocycles. The number of nitrogens with one attached hydrogen (secondary N) is 1. The van der Waals surface area contributed by atoms with Crippen molar-refractivity contribution >= 4 is 5.91 Å². The molecule has 0 bridgehead atoms. The van der Waals surface area contributed by atoms with Gasteiger partial charge in [0.1, 0.15) is 0 Å². The zero-order chi connectivity index (χ0) is 17.0. The molecule has 1 N–H and O–H groups in total. The smallest absolute Gasteiger partial charge is 0.225 e. The lowest BCUT2D eigenvalue weighted by atomic mass is 9.86. The van der Waals surface area contributed by atoms with Crippen LogP contribution in [-0.4, -0.2) is 30.9 Å². The van der Waals surface area contributed by atoms with E-state index in [0.29, 0.717) is 0 Å². The van der Waals surface area contributed by atoms with Crippen molar-refractivity contribution in [1.82, 2.24) is 10.2 Å². The van der Waals surface area contributed by atoms with Gasteiger partial charge in [-0.05, 0) is 69.8 Å². The first-order valence-electron chi connectivity index (χ1n) is 9.00. The van der Waals surface area contributed by atoms with E-state index in [1.807, 2.05) is 0 Å². The third-order valence-corrected chi connectivity index (χ3v) is 5.06. The first-order valence-corrected chi connectivity index (χ1v) is 9.00. The molecule has 1 aliphatic rings. The molecular weight excluding hydrogens is 284 g/mol. The van der Waals surface area contributed by atoms with Crippen molar-refractivity contribution in [3.05, 3.63) is 34.9 Å². The number of rotatable bonds is 5. The first kappa shape index (κ1) is 18.0. The maximum atomic E-state index is 12.7. The van der Waals surface area contributed by atoms with Crippen LogP contribution in [0.25, 0.3) is 0 Å². The molecule has 1 amide bonds. The lowest BCUT2D eigenvalue weighted by Gasteiger charge is -2.34. The Kier molecular flexibility index (Phi) is 5.85. The van der Waals surface area contributed by atoms with Gasteiger partial charge in [0.2, 0.25) is 5.91 Å². The topological polar surface area (TPSA) is 32.3 Å². The number of hydrogen-bond donors (Lipinski definition) is 1. The number of benzene rings is 1. The molecule has 3 heteroatoms. The van der Waals surface area contributed by atoms with Crippen molar-refractivity contribution in [2.24, 2.45) is 5.92 Å². The molecule has 128 valence electrons. The van der Waals surface area contributed by atoms with Gasteiger partial charge < -0.3 is 10.2 Å². The normalized spacial score (nSPS) is 19.6. The van der Waals surface area contributed by atoms with Gasteiger partial charge in [0.05, 0.1) is 11.5 Å². The number of amides is 1. The highest BCUT2D eigenvalue weighted by Gasteiger charge is 2.30. The summed E-state index contributed by atoms with van der Waals surface area (Å²) in [6, 6.07) is 6.68. The molecule has 1 aliphatic heterocycles. The number of piperidine rings is 1. The van der Waals surface area contributed by atoms with Gasteiger partial charge >= 0.3 is 0 Å². The average molecular weight is 316 g/mol. The summed E-state index contributed by atoms with van der Waals surface area (Å²) in [6.07, 6.45) is 4.16. The van der Waals surface area contributed by atoms with E-state index < -0.39 is 0 Å². The molecule has 0 spiro atoms. The van der Waals surface area contributed by atoms with Gasteiger partial charge in [-0.15, -0.1) is 0 Å². The predicted molar refractivity (Wildman–Crippen MR) is 96.6 cm³/mol. The molecule has 0 saturated carbocycles. The van der Waals surface area contributed by atoms with Crippen LogP contribution in [0.2, 0.25) is 0 Å². The summed E-state index contributed by atoms with van der Waals surface area (Å²) in [5.41, 5.74) is 3.62. The van der Waals surface area contributed by atoms with E-state index in [1.54, 1.807) is 0 Å². The van der Waals surface area contributed by atoms with Gasteiger partial charge in [0.15, 0.2) is 0 Å². The van der Waals surface area contributed by atoms with Crippen LogP contribution in [0.3, 0.4) is 0 Å². The molecule has 1 fully saturated rings. The second kappa shape index (κ2) is 7.48. The van der Waals surface area contributed by atoms with Gasteiger partial charge in [0, 0.05) is 6.54 Å². The van der Waals surface area contributed by atoms with Crippen molar-refractivity contribution in [2.75, 3.05) is 20.1 Å². The molecule has 1 atom stereocenters. The van der Waals surface area contributed by atoms with Crippen LogP contribution in [0.1, 0.15) is 57.2 Å². The monoisotopic (exact) mass is 316 g/mol. The third-order valence-electron chi connectivity index (χ3n) is 5.06. The van der Waals surface area contributed by atoms with Crippen molar-refractivity contribution in [3.8, 4) is 0 Å². The highest BCUT2D eigenvalue weighted by Crippen LogP contribution is 2.27. The Morgan fingerprint density at radius 2 is 2.04 bits per heavy atom. The summed E-state index contributed by atoms with van der Waals surface area (Å²) >= 11 is 0. The van der Waals surface area contributed by atoms with Crippen LogP contribution < -0.4 is 5.32 Å². The molecule has 2 rings (SSSR count). The Morgan fingerprint density at radius 3 is 2.65 bits per heavy atom. The van der Waals surface area contributed by atoms with E-state index in [-0.39, 0.29) is 17.4 Å². The fraction of sp³-hybridized carbons (Fsp3) is 0.650. The number of aryl methyl sites for hydroxylation is 2. The molecular formula is C20H32N2O. The van der Waals surface area contributed by atoms with Gasteiger partial charge in [-0.25, -0.2) is 0 Å². The molecule has 0 aromatic heterocycles. The lowest BCUT2D eigenvalue weighted by Crippen LogP contribution is -2.48. The number of hydrogen-bond acceptors (Lipinski definition) is 2. The molecule has 3 nitrogen and oxygen atoms in total. The Labute approximate surface area is 141 Å². The highest BCUT2D eigenvalue weighted by molar-refractivity contribution is 5.80. The minimum atomic E-state index is -0.329. The second-order valence-corrected chi connectivity index (χ2v) is 7.41. The number of carbonyl (C=O) groups excluding carboxylic acids is 1. The van der Waals surface area contributed by atoms with Crippen LogP contribution >= 0.6 is 0 Å². The van der Waals surface area contributed by atoms with E-state index in [4.69, 9.17) is 0 Å². The highest BCUT2D eigenvalue weighted by atomic mass is 16.2. The standard InChI is InChI=1S/C20H32N2O/c1-6-15-10-11-18(16(7-2)13-15)20(3,4)21-19(23)17-9-8-12-22(5)14-17/h10-11,13,17H,6-9,12,14H2,1-5H3,(H,21,23)/t17-/m0/s1. The van der Waals surface area contributed by atoms with Gasteiger partial charge in [-0.2, -0.15) is 0 Å². The molecule has 23 heavy (non-hydrogen) atoms. The number of carbonyl (C=O) groups is 1. The van der Waals surface area contributed by atoms with E-state index in [2.05, 4.69) is 63.2 Å². The van der Waals surface area contributed by atoms with Crippen LogP contribution in [0, 0.1) is 5.92 Å². The molecule has 0 radical (unpaired) electrons. The lowest BCUT2D eigenvalue weighted by molar-refractivity contribution is -0.128. The summed E-state index contributed by atoms with van der Waals surface area (Å²) in [5.74, 6) is 0.316. The summed E-state index contributed by atoms with van der Waals surface area (Å²) in [7, 11) is 2.10. The van der Waals surface area contributed by atoms with Crippen LogP contribution in [0.15, 0.2) is 18.2 Å². The zero-order valence-electron chi connectivity index (χ0n) is 15.4. The minimum Gasteiger partial charge on any atom is -0.347 e. The largest absolute Gasteiger partial charge is 0.347 e. The summed E-state index contributed by atoms with van der Waals surface area (Å²) < 4.78 is 0. The van der Waals surface area contributed by atoms with E-state index in [0.717, 1.165) is 38.8 Å². The van der Waals surface area contributed by atoms with Crippen LogP contribution in [0.5, 0.6) is 0 Å². The molecule has 1 aromatic rings. The first-order chi connectivity index (χ1) is 10.9. The molecule has 1 saturated heterocycles. The van der Waals surface area contributed by atoms with E-state index in [9.17, 15) is 4.79 Å². The molecule has 0 unspecified atom stereocenters. The molecule has 1 heterocycles. The van der Waals surface area contributed by atoms with Gasteiger partial charge in [-0.1, -0.05) is 32.0 Å². The fourth-order valence-corrected chi connectivity index (χ4v) is 3.63. The average Bonchev–Trinajstić information content (AvgIpc) is 2.53. The van der Waals surface area contributed by atoms with Gasteiger partial charge in [0.25, 0.3) is 0 Å². The maximum Gasteiger partial charge on any atom is 0.225 e. The Bertz CT molecular complexity index is 551. The number of nitrogens with zero attached hydrogens (tertiary/aromatic N) is 1. The second-order valence-electron chi connectivity index (χ2n) is 7.41. The quantitative estimate of drug-likeness (QED) is 0.901. The number of likely N-dealkylation sites (tertiary alicyclic amines) is 1. The summed E-state index contributed by atoms with van der Waals surface area (Å²) in [4.78, 5) is 15.0. The Morgan fingerprint density at radius 1 is 1.30 bits per heavy atom. The summed E-state index contributed by atoms with van der Waals surface area (Å²) in [6.45, 7) is 10.6. The predicted octanol–water partition coefficient (Wildman–Crippen LogP) is 3.50. The zero-order valence-corrected chi connectivity index (χ0v) is 15.4. The van der Waals surface area contributed by atoms with E-state index in [1.165, 1.54) is 16.7 Å². The SMILES string of the molecule is CCc1ccc(C(C)(C)NC(=O)[C@H]2CCCN(C)C2)c(CC)c1. The van der Waals surface area contributed by atoms with Crippen molar-refractivity contribution in [2.45, 2.75) is 58.9 Å². The fourth-order valence-electron chi connectivity index (χ4n) is 3.63. The van der Waals surface area contributed by atoms with Gasteiger partial charge in [-0.3, -0.25) is 4.79 Å². The van der Waals surface area contributed by atoms with E-state index >= 15 is 0 Å². The third kappa shape index (κ3) is 4.35. The Balaban J connectivity index is 2.16. The van der Waals surface area contributed by atoms with Crippen molar-refractivity contribution in [1.29, 1.82) is 0 Å².